The van der Waals surface area contributed by atoms with Gasteiger partial charge in [-0.2, -0.15) is 0 Å². The van der Waals surface area contributed by atoms with E-state index >= 15 is 0 Å². The molecule has 0 spiro atoms. The summed E-state index contributed by atoms with van der Waals surface area (Å²) in [6.45, 7) is 1.43. The van der Waals surface area contributed by atoms with Gasteiger partial charge in [-0.15, -0.1) is 0 Å². The first kappa shape index (κ1) is 18.3. The van der Waals surface area contributed by atoms with Crippen molar-refractivity contribution in [2.24, 2.45) is 5.73 Å². The van der Waals surface area contributed by atoms with Gasteiger partial charge in [0.15, 0.2) is 0 Å². The number of nitrogens with two attached hydrogens (primary N) is 1. The Morgan fingerprint density at radius 1 is 1.12 bits per heavy atom. The second-order valence-corrected chi connectivity index (χ2v) is 6.34. The van der Waals surface area contributed by atoms with Crippen LogP contribution in [-0.4, -0.2) is 22.6 Å². The first-order valence-electron chi connectivity index (χ1n) is 6.98. The number of carboxylic acids is 1. The van der Waals surface area contributed by atoms with Crippen LogP contribution in [0.4, 0.5) is 0 Å². The Kier molecular flexibility index (Phi) is 5.49. The average molecular weight is 368 g/mol. The molecule has 0 heterocycles. The normalized spacial score (nSPS) is 13.2. The van der Waals surface area contributed by atoms with Gasteiger partial charge in [-0.05, 0) is 36.8 Å². The van der Waals surface area contributed by atoms with E-state index in [1.165, 1.54) is 6.92 Å². The number of ether oxygens (including phenoxy) is 1. The first-order valence-corrected chi connectivity index (χ1v) is 7.74. The molecule has 24 heavy (non-hydrogen) atoms. The van der Waals surface area contributed by atoms with Crippen LogP contribution in [0.5, 0.6) is 5.75 Å². The molecule has 0 bridgehead atoms. The quantitative estimate of drug-likeness (QED) is 0.622. The van der Waals surface area contributed by atoms with Crippen molar-refractivity contribution in [3.05, 3.63) is 63.6 Å². The standard InChI is InChI=1S/C17H15Cl2NO4/c1-17(20,16(22)23)9-10-5-7-11(8-6-10)24-15(21)14-12(18)3-2-4-13(14)19/h2-8H,9,20H2,1H3,(H,22,23)/t17-/m0/s1. The van der Waals surface area contributed by atoms with E-state index in [0.29, 0.717) is 5.56 Å². The van der Waals surface area contributed by atoms with Crippen molar-refractivity contribution in [3.63, 3.8) is 0 Å². The number of hydrogen-bond acceptors (Lipinski definition) is 4. The molecular weight excluding hydrogens is 353 g/mol. The Balaban J connectivity index is 2.12. The van der Waals surface area contributed by atoms with Gasteiger partial charge in [-0.1, -0.05) is 41.4 Å². The molecule has 0 aliphatic heterocycles. The molecule has 0 aromatic heterocycles. The number of carboxylic acid groups (broad SMARTS) is 1. The molecule has 2 rings (SSSR count). The van der Waals surface area contributed by atoms with Gasteiger partial charge >= 0.3 is 11.9 Å². The van der Waals surface area contributed by atoms with Crippen LogP contribution < -0.4 is 10.5 Å². The predicted octanol–water partition coefficient (Wildman–Crippen LogP) is 3.56. The average Bonchev–Trinajstić information content (AvgIpc) is 2.48. The summed E-state index contributed by atoms with van der Waals surface area (Å²) in [6, 6.07) is 11.1. The van der Waals surface area contributed by atoms with E-state index in [1.54, 1.807) is 42.5 Å². The minimum Gasteiger partial charge on any atom is -0.480 e. The molecule has 2 aromatic rings. The van der Waals surface area contributed by atoms with Crippen molar-refractivity contribution in [2.75, 3.05) is 0 Å². The zero-order chi connectivity index (χ0) is 17.9. The van der Waals surface area contributed by atoms with E-state index in [-0.39, 0.29) is 27.8 Å². The monoisotopic (exact) mass is 367 g/mol. The maximum Gasteiger partial charge on any atom is 0.346 e. The van der Waals surface area contributed by atoms with Crippen molar-refractivity contribution in [3.8, 4) is 5.75 Å². The zero-order valence-corrected chi connectivity index (χ0v) is 14.3. The van der Waals surface area contributed by atoms with E-state index in [2.05, 4.69) is 0 Å². The second-order valence-electron chi connectivity index (χ2n) is 5.53. The van der Waals surface area contributed by atoms with Gasteiger partial charge in [-0.25, -0.2) is 4.79 Å². The lowest BCUT2D eigenvalue weighted by atomic mass is 9.94. The molecule has 0 fully saturated rings. The lowest BCUT2D eigenvalue weighted by Crippen LogP contribution is -2.46. The Morgan fingerprint density at radius 2 is 1.67 bits per heavy atom. The number of hydrogen-bond donors (Lipinski definition) is 2. The number of aliphatic carboxylic acids is 1. The fraction of sp³-hybridized carbons (Fsp3) is 0.176. The van der Waals surface area contributed by atoms with Crippen molar-refractivity contribution < 1.29 is 19.4 Å². The lowest BCUT2D eigenvalue weighted by Gasteiger charge is -2.19. The van der Waals surface area contributed by atoms with Crippen LogP contribution in [0.3, 0.4) is 0 Å². The van der Waals surface area contributed by atoms with Crippen LogP contribution >= 0.6 is 23.2 Å². The lowest BCUT2D eigenvalue weighted by molar-refractivity contribution is -0.142. The Labute approximate surface area is 148 Å². The van der Waals surface area contributed by atoms with E-state index in [4.69, 9.17) is 38.8 Å². The molecule has 0 saturated carbocycles. The van der Waals surface area contributed by atoms with E-state index in [0.717, 1.165) is 0 Å². The molecular formula is C17H15Cl2NO4. The van der Waals surface area contributed by atoms with Crippen LogP contribution in [0.25, 0.3) is 0 Å². The molecule has 5 nitrogen and oxygen atoms in total. The molecule has 0 unspecified atom stereocenters. The molecule has 3 N–H and O–H groups in total. The molecule has 126 valence electrons. The van der Waals surface area contributed by atoms with Crippen molar-refractivity contribution in [1.82, 2.24) is 0 Å². The topological polar surface area (TPSA) is 89.6 Å². The van der Waals surface area contributed by atoms with Gasteiger partial charge in [-0.3, -0.25) is 4.79 Å². The molecule has 7 heteroatoms. The van der Waals surface area contributed by atoms with Gasteiger partial charge in [0, 0.05) is 6.42 Å². The van der Waals surface area contributed by atoms with Crippen molar-refractivity contribution in [2.45, 2.75) is 18.9 Å². The largest absolute Gasteiger partial charge is 0.480 e. The van der Waals surface area contributed by atoms with Gasteiger partial charge in [0.05, 0.1) is 15.6 Å². The molecule has 0 aliphatic carbocycles. The maximum atomic E-state index is 12.2. The predicted molar refractivity (Wildman–Crippen MR) is 91.8 cm³/mol. The van der Waals surface area contributed by atoms with Gasteiger partial charge < -0.3 is 15.6 Å². The van der Waals surface area contributed by atoms with Crippen LogP contribution in [0.2, 0.25) is 10.0 Å². The number of carbonyl (C=O) groups excluding carboxylic acids is 1. The molecule has 0 saturated heterocycles. The van der Waals surface area contributed by atoms with E-state index in [9.17, 15) is 9.59 Å². The summed E-state index contributed by atoms with van der Waals surface area (Å²) in [5.41, 5.74) is 5.13. The fourth-order valence-corrected chi connectivity index (χ4v) is 2.58. The van der Waals surface area contributed by atoms with Crippen molar-refractivity contribution in [1.29, 1.82) is 0 Å². The molecule has 0 amide bonds. The van der Waals surface area contributed by atoms with E-state index < -0.39 is 17.5 Å². The summed E-state index contributed by atoms with van der Waals surface area (Å²) in [6.07, 6.45) is 0.146. The Bertz CT molecular complexity index is 752. The van der Waals surface area contributed by atoms with Gasteiger partial charge in [0.25, 0.3) is 0 Å². The third kappa shape index (κ3) is 4.26. The number of rotatable bonds is 5. The Morgan fingerprint density at radius 3 is 2.17 bits per heavy atom. The summed E-state index contributed by atoms with van der Waals surface area (Å²) < 4.78 is 5.24. The van der Waals surface area contributed by atoms with Gasteiger partial charge in [0.2, 0.25) is 0 Å². The van der Waals surface area contributed by atoms with Gasteiger partial charge in [0.1, 0.15) is 11.3 Å². The minimum absolute atomic E-state index is 0.0883. The fourth-order valence-electron chi connectivity index (χ4n) is 2.03. The molecule has 2 aromatic carbocycles. The van der Waals surface area contributed by atoms with Crippen LogP contribution in [0.1, 0.15) is 22.8 Å². The summed E-state index contributed by atoms with van der Waals surface area (Å²) in [7, 11) is 0. The summed E-state index contributed by atoms with van der Waals surface area (Å²) in [5, 5.41) is 9.43. The SMILES string of the molecule is C[C@](N)(Cc1ccc(OC(=O)c2c(Cl)cccc2Cl)cc1)C(=O)O. The van der Waals surface area contributed by atoms with Crippen LogP contribution in [0, 0.1) is 0 Å². The highest BCUT2D eigenvalue weighted by atomic mass is 35.5. The summed E-state index contributed by atoms with van der Waals surface area (Å²) in [4.78, 5) is 23.2. The molecule has 0 radical (unpaired) electrons. The number of esters is 1. The second kappa shape index (κ2) is 7.21. The summed E-state index contributed by atoms with van der Waals surface area (Å²) >= 11 is 11.9. The van der Waals surface area contributed by atoms with E-state index in [1.807, 2.05) is 0 Å². The highest BCUT2D eigenvalue weighted by molar-refractivity contribution is 6.39. The molecule has 0 aliphatic rings. The third-order valence-corrected chi connectivity index (χ3v) is 3.99. The summed E-state index contributed by atoms with van der Waals surface area (Å²) in [5.74, 6) is -1.48. The highest BCUT2D eigenvalue weighted by Crippen LogP contribution is 2.26. The van der Waals surface area contributed by atoms with Crippen molar-refractivity contribution >= 4 is 35.1 Å². The number of benzene rings is 2. The minimum atomic E-state index is -1.37. The Hall–Kier alpha value is -2.08. The number of halogens is 2. The molecule has 1 atom stereocenters. The third-order valence-electron chi connectivity index (χ3n) is 3.36. The zero-order valence-electron chi connectivity index (χ0n) is 12.8. The first-order chi connectivity index (χ1) is 11.2. The maximum absolute atomic E-state index is 12.2. The smallest absolute Gasteiger partial charge is 0.346 e. The van der Waals surface area contributed by atoms with Crippen LogP contribution in [-0.2, 0) is 11.2 Å². The van der Waals surface area contributed by atoms with Crippen LogP contribution in [0.15, 0.2) is 42.5 Å². The number of carbonyl (C=O) groups is 2. The highest BCUT2D eigenvalue weighted by Gasteiger charge is 2.28.